The van der Waals surface area contributed by atoms with E-state index in [0.717, 1.165) is 6.54 Å². The van der Waals surface area contributed by atoms with Crippen LogP contribution in [0.2, 0.25) is 0 Å². The minimum Gasteiger partial charge on any atom is -0.388 e. The molecule has 0 bridgehead atoms. The molecule has 0 radical (unpaired) electrons. The second-order valence-electron chi connectivity index (χ2n) is 4.62. The van der Waals surface area contributed by atoms with E-state index in [1.807, 2.05) is 25.9 Å². The van der Waals surface area contributed by atoms with Gasteiger partial charge in [-0.3, -0.25) is 0 Å². The van der Waals surface area contributed by atoms with E-state index < -0.39 is 5.60 Å². The lowest BCUT2D eigenvalue weighted by atomic mass is 10.1. The Hall–Kier alpha value is -0.120. The van der Waals surface area contributed by atoms with Crippen LogP contribution in [0.4, 0.5) is 0 Å². The summed E-state index contributed by atoms with van der Waals surface area (Å²) in [6.07, 6.45) is 3.72. The Labute approximate surface area is 88.5 Å². The largest absolute Gasteiger partial charge is 0.388 e. The highest BCUT2D eigenvalue weighted by atomic mass is 16.3. The highest BCUT2D eigenvalue weighted by Gasteiger charge is 2.20. The van der Waals surface area contributed by atoms with Crippen molar-refractivity contribution in [2.75, 3.05) is 33.7 Å². The summed E-state index contributed by atoms with van der Waals surface area (Å²) in [5, 5.41) is 13.2. The Kier molecular flexibility index (Phi) is 7.15. The zero-order valence-electron chi connectivity index (χ0n) is 10.1. The Balaban J connectivity index is 3.45. The molecule has 86 valence electrons. The van der Waals surface area contributed by atoms with Crippen LogP contribution in [0.25, 0.3) is 0 Å². The van der Waals surface area contributed by atoms with Crippen molar-refractivity contribution in [1.29, 1.82) is 0 Å². The summed E-state index contributed by atoms with van der Waals surface area (Å²) in [4.78, 5) is 2.01. The molecular weight excluding hydrogens is 176 g/mol. The quantitative estimate of drug-likeness (QED) is 0.578. The van der Waals surface area contributed by atoms with E-state index in [2.05, 4.69) is 12.2 Å². The number of likely N-dealkylation sites (N-methyl/N-ethyl adjacent to an activating group) is 1. The zero-order chi connectivity index (χ0) is 11.0. The molecule has 0 amide bonds. The summed E-state index contributed by atoms with van der Waals surface area (Å²) in [6, 6.07) is 0. The van der Waals surface area contributed by atoms with Crippen LogP contribution in [-0.4, -0.2) is 49.3 Å². The molecule has 1 unspecified atom stereocenters. The normalized spacial score (nSPS) is 15.9. The fourth-order valence-electron chi connectivity index (χ4n) is 1.59. The topological polar surface area (TPSA) is 35.5 Å². The molecular formula is C11H26N2O. The minimum atomic E-state index is -0.615. The van der Waals surface area contributed by atoms with Crippen LogP contribution in [0, 0.1) is 0 Å². The number of unbranched alkanes of at least 4 members (excludes halogenated alkanes) is 2. The molecule has 0 spiro atoms. The average molecular weight is 202 g/mol. The smallest absolute Gasteiger partial charge is 0.0869 e. The van der Waals surface area contributed by atoms with Crippen molar-refractivity contribution in [3.05, 3.63) is 0 Å². The molecule has 0 aliphatic heterocycles. The summed E-state index contributed by atoms with van der Waals surface area (Å²) >= 11 is 0. The van der Waals surface area contributed by atoms with Crippen molar-refractivity contribution >= 4 is 0 Å². The summed E-state index contributed by atoms with van der Waals surface area (Å²) in [6.45, 7) is 6.46. The Morgan fingerprint density at radius 2 is 1.93 bits per heavy atom. The first-order chi connectivity index (χ1) is 6.48. The fourth-order valence-corrected chi connectivity index (χ4v) is 1.59. The van der Waals surface area contributed by atoms with Gasteiger partial charge in [0.2, 0.25) is 0 Å². The number of nitrogens with one attached hydrogen (secondary N) is 1. The van der Waals surface area contributed by atoms with Gasteiger partial charge in [-0.2, -0.15) is 0 Å². The van der Waals surface area contributed by atoms with Crippen molar-refractivity contribution in [3.8, 4) is 0 Å². The molecule has 0 aliphatic rings. The molecule has 0 saturated heterocycles. The molecule has 0 aliphatic carbocycles. The van der Waals surface area contributed by atoms with E-state index in [0.29, 0.717) is 13.1 Å². The van der Waals surface area contributed by atoms with Gasteiger partial charge in [-0.05, 0) is 34.0 Å². The van der Waals surface area contributed by atoms with Crippen LogP contribution >= 0.6 is 0 Å². The number of rotatable bonds is 8. The van der Waals surface area contributed by atoms with Crippen molar-refractivity contribution in [2.24, 2.45) is 0 Å². The molecule has 14 heavy (non-hydrogen) atoms. The van der Waals surface area contributed by atoms with Gasteiger partial charge in [-0.1, -0.05) is 19.8 Å². The van der Waals surface area contributed by atoms with Crippen molar-refractivity contribution in [2.45, 2.75) is 38.7 Å². The highest BCUT2D eigenvalue weighted by Crippen LogP contribution is 2.02. The van der Waals surface area contributed by atoms with E-state index in [9.17, 15) is 5.11 Å². The van der Waals surface area contributed by atoms with Gasteiger partial charge in [0.25, 0.3) is 0 Å². The predicted octanol–water partition coefficient (Wildman–Crippen LogP) is 1.08. The van der Waals surface area contributed by atoms with Gasteiger partial charge in [0.15, 0.2) is 0 Å². The molecule has 3 nitrogen and oxygen atoms in total. The molecule has 0 aromatic carbocycles. The first-order valence-electron chi connectivity index (χ1n) is 5.56. The van der Waals surface area contributed by atoms with Crippen LogP contribution in [0.1, 0.15) is 33.1 Å². The van der Waals surface area contributed by atoms with Crippen LogP contribution in [0.15, 0.2) is 0 Å². The predicted molar refractivity (Wildman–Crippen MR) is 61.6 cm³/mol. The van der Waals surface area contributed by atoms with E-state index >= 15 is 0 Å². The third kappa shape index (κ3) is 8.48. The molecule has 0 rings (SSSR count). The second-order valence-corrected chi connectivity index (χ2v) is 4.62. The van der Waals surface area contributed by atoms with Crippen molar-refractivity contribution in [1.82, 2.24) is 10.2 Å². The van der Waals surface area contributed by atoms with Crippen LogP contribution in [0.5, 0.6) is 0 Å². The molecule has 1 atom stereocenters. The molecule has 0 fully saturated rings. The van der Waals surface area contributed by atoms with Gasteiger partial charge in [0.1, 0.15) is 0 Å². The molecule has 0 aromatic heterocycles. The maximum atomic E-state index is 9.94. The fraction of sp³-hybridized carbons (Fsp3) is 1.00. The number of hydrogen-bond donors (Lipinski definition) is 2. The second kappa shape index (κ2) is 7.21. The summed E-state index contributed by atoms with van der Waals surface area (Å²) in [5.74, 6) is 0. The molecule has 0 aromatic rings. The number of aliphatic hydroxyl groups is 1. The SMILES string of the molecule is CCCCCNCC(C)(O)CN(C)C. The Morgan fingerprint density at radius 3 is 2.43 bits per heavy atom. The van der Waals surface area contributed by atoms with Crippen LogP contribution in [-0.2, 0) is 0 Å². The maximum absolute atomic E-state index is 9.94. The first-order valence-corrected chi connectivity index (χ1v) is 5.56. The zero-order valence-corrected chi connectivity index (χ0v) is 10.1. The lowest BCUT2D eigenvalue weighted by molar-refractivity contribution is 0.0339. The Morgan fingerprint density at radius 1 is 1.29 bits per heavy atom. The summed E-state index contributed by atoms with van der Waals surface area (Å²) in [7, 11) is 3.96. The first kappa shape index (κ1) is 13.9. The van der Waals surface area contributed by atoms with Gasteiger partial charge >= 0.3 is 0 Å². The van der Waals surface area contributed by atoms with E-state index in [1.54, 1.807) is 0 Å². The van der Waals surface area contributed by atoms with Gasteiger partial charge in [-0.25, -0.2) is 0 Å². The van der Waals surface area contributed by atoms with Crippen LogP contribution < -0.4 is 5.32 Å². The maximum Gasteiger partial charge on any atom is 0.0869 e. The summed E-state index contributed by atoms with van der Waals surface area (Å²) in [5.41, 5.74) is -0.615. The standard InChI is InChI=1S/C11H26N2O/c1-5-6-7-8-12-9-11(2,14)10-13(3)4/h12,14H,5-10H2,1-4H3. The molecule has 0 heterocycles. The third-order valence-corrected chi connectivity index (χ3v) is 2.12. The Bertz CT molecular complexity index is 135. The summed E-state index contributed by atoms with van der Waals surface area (Å²) < 4.78 is 0. The van der Waals surface area contributed by atoms with Gasteiger partial charge in [0.05, 0.1) is 5.60 Å². The van der Waals surface area contributed by atoms with E-state index in [-0.39, 0.29) is 0 Å². The van der Waals surface area contributed by atoms with Gasteiger partial charge < -0.3 is 15.3 Å². The highest BCUT2D eigenvalue weighted by molar-refractivity contribution is 4.77. The average Bonchev–Trinajstić information content (AvgIpc) is 2.01. The number of nitrogens with zero attached hydrogens (tertiary/aromatic N) is 1. The molecule has 0 saturated carbocycles. The van der Waals surface area contributed by atoms with Crippen LogP contribution in [0.3, 0.4) is 0 Å². The minimum absolute atomic E-state index is 0.615. The lowest BCUT2D eigenvalue weighted by Gasteiger charge is -2.27. The number of hydrogen-bond acceptors (Lipinski definition) is 3. The molecule has 3 heteroatoms. The van der Waals surface area contributed by atoms with Crippen molar-refractivity contribution in [3.63, 3.8) is 0 Å². The van der Waals surface area contributed by atoms with Crippen molar-refractivity contribution < 1.29 is 5.11 Å². The monoisotopic (exact) mass is 202 g/mol. The van der Waals surface area contributed by atoms with Gasteiger partial charge in [-0.15, -0.1) is 0 Å². The molecule has 2 N–H and O–H groups in total. The van der Waals surface area contributed by atoms with Gasteiger partial charge in [0, 0.05) is 13.1 Å². The third-order valence-electron chi connectivity index (χ3n) is 2.12. The van der Waals surface area contributed by atoms with E-state index in [4.69, 9.17) is 0 Å². The lowest BCUT2D eigenvalue weighted by Crippen LogP contribution is -2.45. The van der Waals surface area contributed by atoms with E-state index in [1.165, 1.54) is 19.3 Å².